The van der Waals surface area contributed by atoms with E-state index in [0.717, 1.165) is 10.9 Å². The molecule has 5 nitrogen and oxygen atoms in total. The van der Waals surface area contributed by atoms with Gasteiger partial charge < -0.3 is 14.3 Å². The van der Waals surface area contributed by atoms with Gasteiger partial charge in [0, 0.05) is 10.8 Å². The second-order valence-electron chi connectivity index (χ2n) is 5.87. The molecule has 0 aliphatic carbocycles. The number of methoxy groups -OCH3 is 1. The molecule has 4 aromatic rings. The number of aromatic carboxylic acids is 1. The number of aryl methyl sites for hydroxylation is 1. The van der Waals surface area contributed by atoms with Gasteiger partial charge >= 0.3 is 5.97 Å². The highest BCUT2D eigenvalue weighted by molar-refractivity contribution is 6.04. The number of fused-ring (bicyclic) bond motifs is 2. The molecule has 0 bridgehead atoms. The molecule has 0 aliphatic rings. The summed E-state index contributed by atoms with van der Waals surface area (Å²) in [5, 5.41) is 11.1. The molecular weight excluding hydrogens is 318 g/mol. The highest BCUT2D eigenvalue weighted by atomic mass is 16.5. The lowest BCUT2D eigenvalue weighted by molar-refractivity contribution is 0.0699. The molecule has 25 heavy (non-hydrogen) atoms. The van der Waals surface area contributed by atoms with Crippen molar-refractivity contribution in [2.24, 2.45) is 0 Å². The second kappa shape index (κ2) is 5.63. The summed E-state index contributed by atoms with van der Waals surface area (Å²) in [6, 6.07) is 14.6. The largest absolute Gasteiger partial charge is 0.493 e. The van der Waals surface area contributed by atoms with Crippen LogP contribution < -0.4 is 4.74 Å². The molecule has 0 saturated carbocycles. The molecule has 2 aromatic carbocycles. The van der Waals surface area contributed by atoms with Crippen molar-refractivity contribution in [3.8, 4) is 17.2 Å². The Labute approximate surface area is 143 Å². The van der Waals surface area contributed by atoms with E-state index < -0.39 is 5.97 Å². The van der Waals surface area contributed by atoms with Crippen LogP contribution in [0.2, 0.25) is 0 Å². The first-order valence-corrected chi connectivity index (χ1v) is 7.78. The number of carbonyl (C=O) groups is 1. The first kappa shape index (κ1) is 15.2. The van der Waals surface area contributed by atoms with E-state index in [0.29, 0.717) is 33.7 Å². The molecule has 0 atom stereocenters. The van der Waals surface area contributed by atoms with Gasteiger partial charge in [0.2, 0.25) is 0 Å². The van der Waals surface area contributed by atoms with Gasteiger partial charge in [-0.25, -0.2) is 9.78 Å². The molecule has 5 heteroatoms. The van der Waals surface area contributed by atoms with Crippen LogP contribution in [0.25, 0.3) is 33.3 Å². The number of carboxylic acids is 1. The molecular formula is C20H15NO4. The van der Waals surface area contributed by atoms with Crippen molar-refractivity contribution in [2.75, 3.05) is 7.11 Å². The number of rotatable bonds is 3. The number of furan rings is 1. The molecule has 0 spiro atoms. The van der Waals surface area contributed by atoms with Crippen molar-refractivity contribution in [1.29, 1.82) is 0 Å². The van der Waals surface area contributed by atoms with E-state index in [1.165, 1.54) is 0 Å². The number of ether oxygens (including phenoxy) is 1. The predicted molar refractivity (Wildman–Crippen MR) is 95.2 cm³/mol. The summed E-state index contributed by atoms with van der Waals surface area (Å²) in [4.78, 5) is 16.3. The third kappa shape index (κ3) is 2.50. The Balaban J connectivity index is 1.98. The Morgan fingerprint density at radius 3 is 2.76 bits per heavy atom. The molecule has 0 fully saturated rings. The van der Waals surface area contributed by atoms with Gasteiger partial charge in [0.15, 0.2) is 17.1 Å². The van der Waals surface area contributed by atoms with Crippen LogP contribution in [0.4, 0.5) is 0 Å². The second-order valence-corrected chi connectivity index (χ2v) is 5.87. The molecule has 0 unspecified atom stereocenters. The number of benzene rings is 2. The zero-order valence-electron chi connectivity index (χ0n) is 13.7. The Morgan fingerprint density at radius 2 is 2.00 bits per heavy atom. The number of hydrogen-bond acceptors (Lipinski definition) is 4. The summed E-state index contributed by atoms with van der Waals surface area (Å²) in [5.41, 5.74) is 2.90. The van der Waals surface area contributed by atoms with E-state index in [1.807, 2.05) is 49.4 Å². The van der Waals surface area contributed by atoms with Crippen molar-refractivity contribution < 1.29 is 19.1 Å². The standard InChI is InChI=1S/C20H15NO4/c1-11-6-7-15-13(8-11)14(20(22)23)10-16(21-15)18-9-12-4-3-5-17(24-2)19(12)25-18/h3-10H,1-2H3,(H,22,23). The van der Waals surface area contributed by atoms with E-state index >= 15 is 0 Å². The molecule has 0 aliphatic heterocycles. The van der Waals surface area contributed by atoms with Gasteiger partial charge in [0.1, 0.15) is 5.69 Å². The molecule has 1 N–H and O–H groups in total. The normalized spacial score (nSPS) is 11.1. The third-order valence-electron chi connectivity index (χ3n) is 4.17. The smallest absolute Gasteiger partial charge is 0.336 e. The first-order chi connectivity index (χ1) is 12.1. The fourth-order valence-electron chi connectivity index (χ4n) is 2.97. The van der Waals surface area contributed by atoms with Gasteiger partial charge in [-0.3, -0.25) is 0 Å². The summed E-state index contributed by atoms with van der Waals surface area (Å²) in [5.74, 6) is 0.135. The summed E-state index contributed by atoms with van der Waals surface area (Å²) in [6.07, 6.45) is 0. The van der Waals surface area contributed by atoms with Gasteiger partial charge in [0.25, 0.3) is 0 Å². The minimum atomic E-state index is -0.993. The Kier molecular flexibility index (Phi) is 3.42. The Morgan fingerprint density at radius 1 is 1.16 bits per heavy atom. The van der Waals surface area contributed by atoms with Crippen LogP contribution in [-0.2, 0) is 0 Å². The quantitative estimate of drug-likeness (QED) is 0.590. The lowest BCUT2D eigenvalue weighted by Crippen LogP contribution is -2.00. The van der Waals surface area contributed by atoms with Crippen molar-refractivity contribution in [2.45, 2.75) is 6.92 Å². The minimum absolute atomic E-state index is 0.205. The summed E-state index contributed by atoms with van der Waals surface area (Å²) in [6.45, 7) is 1.92. The van der Waals surface area contributed by atoms with Crippen LogP contribution >= 0.6 is 0 Å². The topological polar surface area (TPSA) is 72.6 Å². The van der Waals surface area contributed by atoms with Crippen molar-refractivity contribution in [1.82, 2.24) is 4.98 Å². The van der Waals surface area contributed by atoms with E-state index in [-0.39, 0.29) is 5.56 Å². The van der Waals surface area contributed by atoms with Gasteiger partial charge in [-0.15, -0.1) is 0 Å². The van der Waals surface area contributed by atoms with E-state index in [1.54, 1.807) is 13.2 Å². The fourth-order valence-corrected chi connectivity index (χ4v) is 2.97. The number of carboxylic acid groups (broad SMARTS) is 1. The van der Waals surface area contributed by atoms with Crippen molar-refractivity contribution in [3.63, 3.8) is 0 Å². The average molecular weight is 333 g/mol. The Hall–Kier alpha value is -3.34. The monoisotopic (exact) mass is 333 g/mol. The van der Waals surface area contributed by atoms with Crippen LogP contribution in [0, 0.1) is 6.92 Å². The lowest BCUT2D eigenvalue weighted by Gasteiger charge is -2.06. The SMILES string of the molecule is COc1cccc2cc(-c3cc(C(=O)O)c4cc(C)ccc4n3)oc12. The third-order valence-corrected chi connectivity index (χ3v) is 4.17. The van der Waals surface area contributed by atoms with Gasteiger partial charge in [-0.05, 0) is 37.3 Å². The zero-order valence-corrected chi connectivity index (χ0v) is 13.7. The summed E-state index contributed by atoms with van der Waals surface area (Å²) in [7, 11) is 1.58. The highest BCUT2D eigenvalue weighted by Gasteiger charge is 2.16. The average Bonchev–Trinajstić information content (AvgIpc) is 3.04. The first-order valence-electron chi connectivity index (χ1n) is 7.78. The van der Waals surface area contributed by atoms with Crippen LogP contribution in [-0.4, -0.2) is 23.2 Å². The molecule has 0 saturated heterocycles. The highest BCUT2D eigenvalue weighted by Crippen LogP contribution is 2.34. The number of nitrogens with zero attached hydrogens (tertiary/aromatic N) is 1. The van der Waals surface area contributed by atoms with E-state index in [2.05, 4.69) is 4.98 Å². The number of aromatic nitrogens is 1. The van der Waals surface area contributed by atoms with Crippen LogP contribution in [0.15, 0.2) is 52.9 Å². The molecule has 2 aromatic heterocycles. The molecule has 124 valence electrons. The van der Waals surface area contributed by atoms with Crippen molar-refractivity contribution >= 4 is 27.8 Å². The zero-order chi connectivity index (χ0) is 17.6. The van der Waals surface area contributed by atoms with Crippen LogP contribution in [0.1, 0.15) is 15.9 Å². The van der Waals surface area contributed by atoms with E-state index in [9.17, 15) is 9.90 Å². The van der Waals surface area contributed by atoms with Gasteiger partial charge in [-0.2, -0.15) is 0 Å². The summed E-state index contributed by atoms with van der Waals surface area (Å²) < 4.78 is 11.2. The maximum Gasteiger partial charge on any atom is 0.336 e. The van der Waals surface area contributed by atoms with Gasteiger partial charge in [0.05, 0.1) is 18.2 Å². The minimum Gasteiger partial charge on any atom is -0.493 e. The number of hydrogen-bond donors (Lipinski definition) is 1. The lowest BCUT2D eigenvalue weighted by atomic mass is 10.0. The number of pyridine rings is 1. The maximum absolute atomic E-state index is 11.7. The summed E-state index contributed by atoms with van der Waals surface area (Å²) >= 11 is 0. The van der Waals surface area contributed by atoms with Gasteiger partial charge in [-0.1, -0.05) is 23.8 Å². The molecule has 4 rings (SSSR count). The predicted octanol–water partition coefficient (Wildman–Crippen LogP) is 4.66. The van der Waals surface area contributed by atoms with Crippen molar-refractivity contribution in [3.05, 3.63) is 59.7 Å². The number of para-hydroxylation sites is 1. The van der Waals surface area contributed by atoms with Crippen LogP contribution in [0.3, 0.4) is 0 Å². The van der Waals surface area contributed by atoms with Crippen LogP contribution in [0.5, 0.6) is 5.75 Å². The van der Waals surface area contributed by atoms with E-state index in [4.69, 9.17) is 9.15 Å². The Bertz CT molecular complexity index is 1130. The fraction of sp³-hybridized carbons (Fsp3) is 0.100. The molecule has 2 heterocycles. The molecule has 0 radical (unpaired) electrons. The molecule has 0 amide bonds. The maximum atomic E-state index is 11.7.